The average molecular weight is 402 g/mol. The van der Waals surface area contributed by atoms with Crippen LogP contribution in [0.2, 0.25) is 5.02 Å². The minimum absolute atomic E-state index is 0.151. The van der Waals surface area contributed by atoms with Gasteiger partial charge in [-0.15, -0.1) is 0 Å². The highest BCUT2D eigenvalue weighted by atomic mass is 35.5. The van der Waals surface area contributed by atoms with Crippen LogP contribution in [0.15, 0.2) is 52.4 Å². The molecule has 0 fully saturated rings. The highest BCUT2D eigenvalue weighted by molar-refractivity contribution is 6.31. The summed E-state index contributed by atoms with van der Waals surface area (Å²) >= 11 is 6.11. The Kier molecular flexibility index (Phi) is 6.10. The molecule has 1 heterocycles. The van der Waals surface area contributed by atoms with Gasteiger partial charge >= 0.3 is 5.69 Å². The van der Waals surface area contributed by atoms with Gasteiger partial charge in [0.25, 0.3) is 0 Å². The predicted octanol–water partition coefficient (Wildman–Crippen LogP) is 2.99. The molecule has 28 heavy (non-hydrogen) atoms. The maximum absolute atomic E-state index is 12.2. The molecule has 0 saturated carbocycles. The van der Waals surface area contributed by atoms with E-state index in [2.05, 4.69) is 15.6 Å². The van der Waals surface area contributed by atoms with E-state index in [1.165, 1.54) is 4.68 Å². The fourth-order valence-electron chi connectivity index (χ4n) is 2.55. The van der Waals surface area contributed by atoms with E-state index < -0.39 is 0 Å². The normalized spacial score (nSPS) is 11.5. The molecule has 0 atom stereocenters. The van der Waals surface area contributed by atoms with Crippen molar-refractivity contribution in [3.05, 3.63) is 74.7 Å². The lowest BCUT2D eigenvalue weighted by molar-refractivity contribution is 0.117. The maximum atomic E-state index is 12.2. The van der Waals surface area contributed by atoms with Gasteiger partial charge < -0.3 is 9.57 Å². The zero-order chi connectivity index (χ0) is 20.1. The number of hydrogen-bond acceptors (Lipinski definition) is 6. The van der Waals surface area contributed by atoms with Crippen molar-refractivity contribution in [3.8, 4) is 5.69 Å². The molecule has 9 heteroatoms. The van der Waals surface area contributed by atoms with Gasteiger partial charge in [-0.2, -0.15) is 9.36 Å². The van der Waals surface area contributed by atoms with Crippen LogP contribution in [0, 0.1) is 6.92 Å². The summed E-state index contributed by atoms with van der Waals surface area (Å²) in [5, 5.41) is 12.3. The standard InChI is InChI=1S/C19H20ClN5O3/c1-13-7-6-10-18(25-19(26)24(3)22-23-25)16(13)12-28-21-14(2)27-11-15-8-4-5-9-17(15)20/h4-10H,11-12H2,1-3H3/b21-14-. The summed E-state index contributed by atoms with van der Waals surface area (Å²) in [4.78, 5) is 17.6. The fourth-order valence-corrected chi connectivity index (χ4v) is 2.74. The molecule has 0 bridgehead atoms. The Morgan fingerprint density at radius 2 is 1.93 bits per heavy atom. The number of hydrogen-bond donors (Lipinski definition) is 0. The average Bonchev–Trinajstić information content (AvgIpc) is 3.01. The summed E-state index contributed by atoms with van der Waals surface area (Å²) in [7, 11) is 1.54. The van der Waals surface area contributed by atoms with E-state index in [1.807, 2.05) is 37.3 Å². The van der Waals surface area contributed by atoms with Crippen LogP contribution in [-0.4, -0.2) is 25.7 Å². The van der Waals surface area contributed by atoms with Gasteiger partial charge in [0.2, 0.25) is 5.90 Å². The lowest BCUT2D eigenvalue weighted by atomic mass is 10.1. The lowest BCUT2D eigenvalue weighted by Crippen LogP contribution is -2.23. The molecule has 3 aromatic rings. The maximum Gasteiger partial charge on any atom is 0.368 e. The van der Waals surface area contributed by atoms with Gasteiger partial charge in [0.05, 0.1) is 5.69 Å². The molecule has 0 aliphatic heterocycles. The van der Waals surface area contributed by atoms with Gasteiger partial charge in [-0.1, -0.05) is 47.1 Å². The molecule has 0 spiro atoms. The molecule has 8 nitrogen and oxygen atoms in total. The molecule has 0 aliphatic carbocycles. The molecule has 146 valence electrons. The third-order valence-electron chi connectivity index (χ3n) is 4.13. The van der Waals surface area contributed by atoms with E-state index in [1.54, 1.807) is 26.1 Å². The first kappa shape index (κ1) is 19.6. The molecule has 0 aliphatic rings. The first-order valence-corrected chi connectivity index (χ1v) is 8.96. The van der Waals surface area contributed by atoms with Crippen LogP contribution >= 0.6 is 11.6 Å². The molecule has 0 amide bonds. The monoisotopic (exact) mass is 401 g/mol. The van der Waals surface area contributed by atoms with E-state index in [0.29, 0.717) is 23.2 Å². The van der Waals surface area contributed by atoms with E-state index in [4.69, 9.17) is 21.2 Å². The smallest absolute Gasteiger partial charge is 0.368 e. The van der Waals surface area contributed by atoms with Gasteiger partial charge in [-0.05, 0) is 35.0 Å². The number of aryl methyl sites for hydroxylation is 2. The topological polar surface area (TPSA) is 83.5 Å². The highest BCUT2D eigenvalue weighted by Gasteiger charge is 2.13. The fraction of sp³-hybridized carbons (Fsp3) is 0.263. The molecule has 3 rings (SSSR count). The summed E-state index contributed by atoms with van der Waals surface area (Å²) < 4.78 is 7.97. The molecule has 2 aromatic carbocycles. The second kappa shape index (κ2) is 8.71. The number of tetrazole rings is 1. The number of nitrogens with zero attached hydrogens (tertiary/aromatic N) is 5. The summed E-state index contributed by atoms with van der Waals surface area (Å²) in [6.45, 7) is 4.07. The third kappa shape index (κ3) is 4.40. The Bertz CT molecular complexity index is 1060. The van der Waals surface area contributed by atoms with Gasteiger partial charge in [0.1, 0.15) is 13.2 Å². The second-order valence-electron chi connectivity index (χ2n) is 6.13. The molecular weight excluding hydrogens is 382 g/mol. The summed E-state index contributed by atoms with van der Waals surface area (Å²) in [5.74, 6) is 0.367. The largest absolute Gasteiger partial charge is 0.474 e. The van der Waals surface area contributed by atoms with Crippen LogP contribution in [0.1, 0.15) is 23.6 Å². The van der Waals surface area contributed by atoms with E-state index >= 15 is 0 Å². The SMILES string of the molecule is C/C(=N/OCc1c(C)cccc1-n1nnn(C)c1=O)OCc1ccccc1Cl. The van der Waals surface area contributed by atoms with Crippen molar-refractivity contribution < 1.29 is 9.57 Å². The van der Waals surface area contributed by atoms with Crippen LogP contribution in [0.3, 0.4) is 0 Å². The third-order valence-corrected chi connectivity index (χ3v) is 4.50. The minimum atomic E-state index is -0.338. The van der Waals surface area contributed by atoms with Gasteiger partial charge in [-0.3, -0.25) is 0 Å². The Morgan fingerprint density at radius 3 is 2.64 bits per heavy atom. The van der Waals surface area contributed by atoms with Gasteiger partial charge in [0, 0.05) is 30.1 Å². The van der Waals surface area contributed by atoms with Crippen molar-refractivity contribution in [1.82, 2.24) is 19.8 Å². The van der Waals surface area contributed by atoms with Crippen molar-refractivity contribution in [2.75, 3.05) is 0 Å². The first-order valence-electron chi connectivity index (χ1n) is 8.58. The van der Waals surface area contributed by atoms with Crippen molar-refractivity contribution in [1.29, 1.82) is 0 Å². The molecule has 0 radical (unpaired) electrons. The quantitative estimate of drug-likeness (QED) is 0.360. The van der Waals surface area contributed by atoms with Crippen molar-refractivity contribution >= 4 is 17.5 Å². The summed E-state index contributed by atoms with van der Waals surface area (Å²) in [6, 6.07) is 13.0. The molecule has 0 saturated heterocycles. The molecule has 1 aromatic heterocycles. The van der Waals surface area contributed by atoms with Gasteiger partial charge in [0.15, 0.2) is 0 Å². The molecule has 0 N–H and O–H groups in total. The zero-order valence-electron chi connectivity index (χ0n) is 15.8. The van der Waals surface area contributed by atoms with Crippen LogP contribution in [0.25, 0.3) is 5.69 Å². The van der Waals surface area contributed by atoms with Crippen LogP contribution < -0.4 is 5.69 Å². The van der Waals surface area contributed by atoms with Crippen molar-refractivity contribution in [3.63, 3.8) is 0 Å². The summed E-state index contributed by atoms with van der Waals surface area (Å²) in [6.07, 6.45) is 0. The lowest BCUT2D eigenvalue weighted by Gasteiger charge is -2.11. The summed E-state index contributed by atoms with van der Waals surface area (Å²) in [5.41, 5.74) is 2.85. The van der Waals surface area contributed by atoms with Crippen LogP contribution in [0.5, 0.6) is 0 Å². The van der Waals surface area contributed by atoms with Crippen LogP contribution in [-0.2, 0) is 29.8 Å². The van der Waals surface area contributed by atoms with Crippen molar-refractivity contribution in [2.45, 2.75) is 27.1 Å². The van der Waals surface area contributed by atoms with Gasteiger partial charge in [-0.25, -0.2) is 4.79 Å². The zero-order valence-corrected chi connectivity index (χ0v) is 16.6. The number of ether oxygens (including phenoxy) is 1. The Balaban J connectivity index is 1.69. The number of halogens is 1. The van der Waals surface area contributed by atoms with E-state index in [-0.39, 0.29) is 12.3 Å². The van der Waals surface area contributed by atoms with E-state index in [0.717, 1.165) is 21.4 Å². The first-order chi connectivity index (χ1) is 13.5. The molecule has 0 unspecified atom stereocenters. The number of aromatic nitrogens is 4. The number of oxime groups is 1. The number of rotatable bonds is 6. The highest BCUT2D eigenvalue weighted by Crippen LogP contribution is 2.18. The minimum Gasteiger partial charge on any atom is -0.474 e. The van der Waals surface area contributed by atoms with E-state index in [9.17, 15) is 4.79 Å². The Labute approximate surface area is 166 Å². The number of benzene rings is 2. The Hall–Kier alpha value is -3.13. The molecular formula is C19H20ClN5O3. The second-order valence-corrected chi connectivity index (χ2v) is 6.54. The predicted molar refractivity (Wildman–Crippen MR) is 105 cm³/mol. The van der Waals surface area contributed by atoms with Crippen molar-refractivity contribution in [2.24, 2.45) is 12.2 Å². The van der Waals surface area contributed by atoms with Crippen LogP contribution in [0.4, 0.5) is 0 Å². The Morgan fingerprint density at radius 1 is 1.14 bits per heavy atom.